The van der Waals surface area contributed by atoms with Crippen LogP contribution in [-0.4, -0.2) is 68.3 Å². The highest BCUT2D eigenvalue weighted by molar-refractivity contribution is 7.08. The molecular formula is C16H15FN6O4S. The molecule has 4 rings (SSSR count). The maximum Gasteiger partial charge on any atom is 0.341 e. The fraction of sp³-hybridized carbons (Fsp3) is 0.312. The molecule has 4 heterocycles. The Kier molecular flexibility index (Phi) is 4.53. The number of carboxylic acids is 1. The molecule has 146 valence electrons. The summed E-state index contributed by atoms with van der Waals surface area (Å²) in [6.45, 7) is 0.992. The Hall–Kier alpha value is -2.96. The third-order valence-electron chi connectivity index (χ3n) is 4.66. The zero-order valence-corrected chi connectivity index (χ0v) is 15.7. The van der Waals surface area contributed by atoms with Gasteiger partial charge < -0.3 is 14.8 Å². The van der Waals surface area contributed by atoms with Gasteiger partial charge in [0.05, 0.1) is 18.5 Å². The number of hydrogen-bond donors (Lipinski definition) is 1. The van der Waals surface area contributed by atoms with Crippen molar-refractivity contribution in [1.82, 2.24) is 24.0 Å². The molecular weight excluding hydrogens is 391 g/mol. The molecule has 1 aliphatic heterocycles. The van der Waals surface area contributed by atoms with Gasteiger partial charge in [0.15, 0.2) is 17.3 Å². The second-order valence-electron chi connectivity index (χ2n) is 6.22. The summed E-state index contributed by atoms with van der Waals surface area (Å²) in [5, 5.41) is 11.2. The molecule has 0 radical (unpaired) electrons. The van der Waals surface area contributed by atoms with Crippen LogP contribution >= 0.6 is 11.5 Å². The second kappa shape index (κ2) is 6.89. The van der Waals surface area contributed by atoms with Crippen molar-refractivity contribution in [3.05, 3.63) is 40.2 Å². The van der Waals surface area contributed by atoms with E-state index in [1.54, 1.807) is 24.1 Å². The number of carboxylic acid groups (broad SMARTS) is 1. The summed E-state index contributed by atoms with van der Waals surface area (Å²) in [5.41, 5.74) is -1.18. The quantitative estimate of drug-likeness (QED) is 0.613. The minimum atomic E-state index is -1.41. The minimum Gasteiger partial charge on any atom is -0.477 e. The predicted octanol–water partition coefficient (Wildman–Crippen LogP) is 0.756. The highest BCUT2D eigenvalue weighted by Crippen LogP contribution is 2.27. The number of pyridine rings is 2. The zero-order valence-electron chi connectivity index (χ0n) is 14.9. The van der Waals surface area contributed by atoms with Gasteiger partial charge in [-0.2, -0.15) is 9.44 Å². The Morgan fingerprint density at radius 1 is 1.46 bits per heavy atom. The Bertz CT molecular complexity index is 1110. The predicted molar refractivity (Wildman–Crippen MR) is 98.5 cm³/mol. The summed E-state index contributed by atoms with van der Waals surface area (Å²) in [5.74, 6) is -2.04. The molecule has 0 spiro atoms. The van der Waals surface area contributed by atoms with Gasteiger partial charge in [-0.1, -0.05) is 0 Å². The van der Waals surface area contributed by atoms with Gasteiger partial charge in [0.1, 0.15) is 11.9 Å². The van der Waals surface area contributed by atoms with Crippen molar-refractivity contribution in [3.63, 3.8) is 0 Å². The Morgan fingerprint density at radius 2 is 2.21 bits per heavy atom. The highest BCUT2D eigenvalue weighted by Gasteiger charge is 2.33. The molecule has 0 saturated carbocycles. The number of rotatable bonds is 5. The Labute approximate surface area is 161 Å². The standard InChI is InChI=1S/C16H15FN6O4S/c1-21(27-2)8-4-22(5-8)14-11(17)3-9-12(24)10(15(25)26)6-23(13(9)20-14)16-18-7-19-28-16/h3,6-8H,4-5H2,1-2H3,(H,25,26). The van der Waals surface area contributed by atoms with Crippen molar-refractivity contribution in [2.75, 3.05) is 32.1 Å². The van der Waals surface area contributed by atoms with E-state index in [1.807, 2.05) is 0 Å². The molecule has 1 N–H and O–H groups in total. The third kappa shape index (κ3) is 2.91. The molecule has 1 fully saturated rings. The van der Waals surface area contributed by atoms with Crippen molar-refractivity contribution in [1.29, 1.82) is 0 Å². The van der Waals surface area contributed by atoms with Gasteiger partial charge in [0.2, 0.25) is 10.6 Å². The first-order chi connectivity index (χ1) is 13.4. The lowest BCUT2D eigenvalue weighted by Gasteiger charge is -2.43. The first kappa shape index (κ1) is 18.4. The number of anilines is 1. The van der Waals surface area contributed by atoms with Crippen molar-refractivity contribution in [2.45, 2.75) is 6.04 Å². The van der Waals surface area contributed by atoms with Crippen LogP contribution in [0.5, 0.6) is 0 Å². The number of nitrogens with zero attached hydrogens (tertiary/aromatic N) is 6. The maximum absolute atomic E-state index is 14.7. The van der Waals surface area contributed by atoms with Gasteiger partial charge in [0.25, 0.3) is 0 Å². The molecule has 3 aromatic heterocycles. The molecule has 1 aliphatic rings. The van der Waals surface area contributed by atoms with Gasteiger partial charge in [-0.05, 0) is 6.07 Å². The van der Waals surface area contributed by atoms with Gasteiger partial charge >= 0.3 is 5.97 Å². The van der Waals surface area contributed by atoms with E-state index in [1.165, 1.54) is 10.9 Å². The molecule has 0 aliphatic carbocycles. The average molecular weight is 406 g/mol. The zero-order chi connectivity index (χ0) is 20.0. The first-order valence-electron chi connectivity index (χ1n) is 8.18. The molecule has 1 saturated heterocycles. The molecule has 0 unspecified atom stereocenters. The summed E-state index contributed by atoms with van der Waals surface area (Å²) in [6.07, 6.45) is 2.44. The lowest BCUT2D eigenvalue weighted by atomic mass is 10.1. The third-order valence-corrected chi connectivity index (χ3v) is 5.33. The minimum absolute atomic E-state index is 0.0778. The molecule has 0 bridgehead atoms. The van der Waals surface area contributed by atoms with Gasteiger partial charge in [-0.15, -0.1) is 0 Å². The topological polar surface area (TPSA) is 114 Å². The van der Waals surface area contributed by atoms with Gasteiger partial charge in [-0.3, -0.25) is 9.36 Å². The number of halogens is 1. The van der Waals surface area contributed by atoms with Crippen molar-refractivity contribution in [2.24, 2.45) is 0 Å². The monoisotopic (exact) mass is 406 g/mol. The number of hydrogen-bond acceptors (Lipinski definition) is 9. The lowest BCUT2D eigenvalue weighted by molar-refractivity contribution is -0.146. The lowest BCUT2D eigenvalue weighted by Crippen LogP contribution is -2.58. The fourth-order valence-electron chi connectivity index (χ4n) is 3.02. The number of carbonyl (C=O) groups is 1. The second-order valence-corrected chi connectivity index (χ2v) is 6.98. The van der Waals surface area contributed by atoms with Crippen LogP contribution in [0.4, 0.5) is 10.2 Å². The van der Waals surface area contributed by atoms with E-state index < -0.39 is 22.8 Å². The smallest absolute Gasteiger partial charge is 0.341 e. The van der Waals surface area contributed by atoms with E-state index in [0.717, 1.165) is 23.8 Å². The normalized spacial score (nSPS) is 14.6. The summed E-state index contributed by atoms with van der Waals surface area (Å²) >= 11 is 0.999. The number of hydroxylamine groups is 2. The molecule has 3 aromatic rings. The van der Waals surface area contributed by atoms with Crippen LogP contribution in [0, 0.1) is 5.82 Å². The molecule has 0 amide bonds. The van der Waals surface area contributed by atoms with Crippen LogP contribution in [0.2, 0.25) is 0 Å². The van der Waals surface area contributed by atoms with Gasteiger partial charge in [-0.25, -0.2) is 19.2 Å². The summed E-state index contributed by atoms with van der Waals surface area (Å²) in [6, 6.07) is 1.11. The molecule has 12 heteroatoms. The van der Waals surface area contributed by atoms with Crippen LogP contribution in [0.3, 0.4) is 0 Å². The van der Waals surface area contributed by atoms with E-state index in [0.29, 0.717) is 18.2 Å². The van der Waals surface area contributed by atoms with Crippen LogP contribution in [0.1, 0.15) is 10.4 Å². The largest absolute Gasteiger partial charge is 0.477 e. The number of aromatic carboxylic acids is 1. The highest BCUT2D eigenvalue weighted by atomic mass is 32.1. The van der Waals surface area contributed by atoms with Gasteiger partial charge in [0, 0.05) is 37.9 Å². The summed E-state index contributed by atoms with van der Waals surface area (Å²) in [4.78, 5) is 39.2. The maximum atomic E-state index is 14.7. The number of aromatic nitrogens is 4. The van der Waals surface area contributed by atoms with Crippen LogP contribution < -0.4 is 10.3 Å². The number of fused-ring (bicyclic) bond motifs is 1. The van der Waals surface area contributed by atoms with Crippen molar-refractivity contribution in [3.8, 4) is 5.13 Å². The van der Waals surface area contributed by atoms with E-state index in [2.05, 4.69) is 14.3 Å². The van der Waals surface area contributed by atoms with Crippen LogP contribution in [0.15, 0.2) is 23.4 Å². The van der Waals surface area contributed by atoms with Crippen LogP contribution in [-0.2, 0) is 4.84 Å². The number of likely N-dealkylation sites (N-methyl/N-ethyl adjacent to an activating group) is 1. The van der Waals surface area contributed by atoms with E-state index in [-0.39, 0.29) is 22.9 Å². The molecule has 28 heavy (non-hydrogen) atoms. The van der Waals surface area contributed by atoms with Crippen molar-refractivity contribution >= 4 is 34.4 Å². The summed E-state index contributed by atoms with van der Waals surface area (Å²) in [7, 11) is 3.34. The Balaban J connectivity index is 1.87. The van der Waals surface area contributed by atoms with E-state index in [9.17, 15) is 19.1 Å². The molecule has 0 aromatic carbocycles. The van der Waals surface area contributed by atoms with E-state index >= 15 is 0 Å². The summed E-state index contributed by atoms with van der Waals surface area (Å²) < 4.78 is 20.0. The fourth-order valence-corrected chi connectivity index (χ4v) is 3.53. The van der Waals surface area contributed by atoms with Crippen LogP contribution in [0.25, 0.3) is 16.2 Å². The van der Waals surface area contributed by atoms with Crippen molar-refractivity contribution < 1.29 is 19.1 Å². The average Bonchev–Trinajstić information content (AvgIpc) is 3.15. The Morgan fingerprint density at radius 3 is 2.82 bits per heavy atom. The SMILES string of the molecule is CON(C)C1CN(c2nc3c(cc2F)c(=O)c(C(=O)O)cn3-c2ncns2)C1. The molecule has 10 nitrogen and oxygen atoms in total. The first-order valence-corrected chi connectivity index (χ1v) is 8.96. The molecule has 0 atom stereocenters. The van der Waals surface area contributed by atoms with E-state index in [4.69, 9.17) is 4.84 Å².